The maximum Gasteiger partial charge on any atom is 0.338 e. The zero-order chi connectivity index (χ0) is 21.4. The van der Waals surface area contributed by atoms with Crippen molar-refractivity contribution in [2.45, 2.75) is 6.92 Å². The molecule has 2 amide bonds. The smallest absolute Gasteiger partial charge is 0.338 e. The van der Waals surface area contributed by atoms with Crippen LogP contribution in [-0.2, 0) is 14.3 Å². The second kappa shape index (κ2) is 9.98. The van der Waals surface area contributed by atoms with E-state index >= 15 is 0 Å². The lowest BCUT2D eigenvalue weighted by molar-refractivity contribution is -0.120. The van der Waals surface area contributed by atoms with Gasteiger partial charge < -0.3 is 30.0 Å². The number of anilines is 1. The Morgan fingerprint density at radius 2 is 1.55 bits per heavy atom. The third-order valence-corrected chi connectivity index (χ3v) is 3.72. The number of carbonyl (C=O) groups excluding carboxylic acids is 3. The van der Waals surface area contributed by atoms with Gasteiger partial charge >= 0.3 is 5.97 Å². The lowest BCUT2D eigenvalue weighted by Crippen LogP contribution is -2.21. The van der Waals surface area contributed by atoms with E-state index in [0.717, 1.165) is 5.56 Å². The minimum absolute atomic E-state index is 0.0771. The summed E-state index contributed by atoms with van der Waals surface area (Å²) in [4.78, 5) is 35.3. The summed E-state index contributed by atoms with van der Waals surface area (Å²) in [6.07, 6.45) is 0. The number of aryl methyl sites for hydroxylation is 1. The normalized spacial score (nSPS) is 10.0. The fraction of sp³-hybridized carbons (Fsp3) is 0.250. The van der Waals surface area contributed by atoms with Crippen LogP contribution in [0.25, 0.3) is 0 Å². The summed E-state index contributed by atoms with van der Waals surface area (Å²) >= 11 is 0. The second-order valence-corrected chi connectivity index (χ2v) is 5.96. The van der Waals surface area contributed by atoms with Crippen molar-refractivity contribution < 1.29 is 33.3 Å². The summed E-state index contributed by atoms with van der Waals surface area (Å²) in [6, 6.07) is 9.88. The van der Waals surface area contributed by atoms with E-state index in [2.05, 4.69) is 5.32 Å². The number of esters is 1. The summed E-state index contributed by atoms with van der Waals surface area (Å²) in [6.45, 7) is 1.06. The number of amides is 2. The van der Waals surface area contributed by atoms with E-state index in [1.165, 1.54) is 26.4 Å². The van der Waals surface area contributed by atoms with Crippen molar-refractivity contribution in [2.24, 2.45) is 5.73 Å². The molecule has 154 valence electrons. The van der Waals surface area contributed by atoms with E-state index in [9.17, 15) is 14.4 Å². The molecule has 0 radical (unpaired) electrons. The van der Waals surface area contributed by atoms with Crippen molar-refractivity contribution in [2.75, 3.05) is 32.8 Å². The van der Waals surface area contributed by atoms with E-state index in [1.807, 2.05) is 19.1 Å². The molecular weight excluding hydrogens is 380 g/mol. The first-order valence-corrected chi connectivity index (χ1v) is 8.54. The van der Waals surface area contributed by atoms with E-state index in [-0.39, 0.29) is 22.8 Å². The molecule has 0 saturated heterocycles. The van der Waals surface area contributed by atoms with Gasteiger partial charge in [-0.3, -0.25) is 9.59 Å². The Kier molecular flexibility index (Phi) is 7.41. The highest BCUT2D eigenvalue weighted by atomic mass is 16.5. The zero-order valence-corrected chi connectivity index (χ0v) is 16.3. The lowest BCUT2D eigenvalue weighted by atomic mass is 10.2. The third-order valence-electron chi connectivity index (χ3n) is 3.72. The molecule has 29 heavy (non-hydrogen) atoms. The number of methoxy groups -OCH3 is 2. The molecule has 0 fully saturated rings. The van der Waals surface area contributed by atoms with Crippen LogP contribution in [-0.4, -0.2) is 45.2 Å². The highest BCUT2D eigenvalue weighted by molar-refractivity contribution is 5.96. The van der Waals surface area contributed by atoms with Crippen molar-refractivity contribution in [3.63, 3.8) is 0 Å². The fourth-order valence-corrected chi connectivity index (χ4v) is 2.33. The third kappa shape index (κ3) is 6.13. The minimum atomic E-state index is -0.762. The van der Waals surface area contributed by atoms with Crippen LogP contribution < -0.4 is 25.3 Å². The topological polar surface area (TPSA) is 126 Å². The number of benzene rings is 2. The molecule has 0 heterocycles. The van der Waals surface area contributed by atoms with E-state index in [4.69, 9.17) is 24.7 Å². The number of carbonyl (C=O) groups is 3. The Morgan fingerprint density at radius 3 is 2.07 bits per heavy atom. The molecule has 3 N–H and O–H groups in total. The lowest BCUT2D eigenvalue weighted by Gasteiger charge is -2.15. The standard InChI is InChI=1S/C20H22N2O7/c1-12-4-6-14(7-5-12)22-18(24)11-29-20(25)13-8-15(26-2)19(16(9-13)27-3)28-10-17(21)23/h4-9H,10-11H2,1-3H3,(H2,21,23)(H,22,24). The Labute approximate surface area is 167 Å². The molecule has 2 rings (SSSR count). The molecule has 0 spiro atoms. The molecule has 0 aliphatic rings. The van der Waals surface area contributed by atoms with Crippen LogP contribution in [0.2, 0.25) is 0 Å². The van der Waals surface area contributed by atoms with Gasteiger partial charge in [-0.1, -0.05) is 17.7 Å². The van der Waals surface area contributed by atoms with Crippen molar-refractivity contribution in [1.82, 2.24) is 0 Å². The predicted molar refractivity (Wildman–Crippen MR) is 104 cm³/mol. The predicted octanol–water partition coefficient (Wildman–Crippen LogP) is 1.67. The van der Waals surface area contributed by atoms with Gasteiger partial charge in [0, 0.05) is 5.69 Å². The molecular formula is C20H22N2O7. The Hall–Kier alpha value is -3.75. The summed E-state index contributed by atoms with van der Waals surface area (Å²) in [5, 5.41) is 2.63. The molecule has 0 aromatic heterocycles. The van der Waals surface area contributed by atoms with E-state index in [1.54, 1.807) is 12.1 Å². The van der Waals surface area contributed by atoms with E-state index in [0.29, 0.717) is 5.69 Å². The van der Waals surface area contributed by atoms with Gasteiger partial charge in [-0.25, -0.2) is 4.79 Å². The van der Waals surface area contributed by atoms with Gasteiger partial charge in [0.25, 0.3) is 11.8 Å². The fourth-order valence-electron chi connectivity index (χ4n) is 2.33. The quantitative estimate of drug-likeness (QED) is 0.611. The number of nitrogens with two attached hydrogens (primary N) is 1. The van der Waals surface area contributed by atoms with Crippen molar-refractivity contribution in [1.29, 1.82) is 0 Å². The van der Waals surface area contributed by atoms with Crippen molar-refractivity contribution in [3.05, 3.63) is 47.5 Å². The van der Waals surface area contributed by atoms with Crippen LogP contribution in [0.3, 0.4) is 0 Å². The maximum atomic E-state index is 12.3. The molecule has 2 aromatic carbocycles. The molecule has 0 bridgehead atoms. The molecule has 9 nitrogen and oxygen atoms in total. The van der Waals surface area contributed by atoms with Crippen LogP contribution in [0.4, 0.5) is 5.69 Å². The van der Waals surface area contributed by atoms with Crippen molar-refractivity contribution >= 4 is 23.5 Å². The monoisotopic (exact) mass is 402 g/mol. The van der Waals surface area contributed by atoms with Gasteiger partial charge in [0.05, 0.1) is 19.8 Å². The van der Waals surface area contributed by atoms with Gasteiger partial charge in [0.15, 0.2) is 24.7 Å². The highest BCUT2D eigenvalue weighted by Crippen LogP contribution is 2.38. The molecule has 2 aromatic rings. The average Bonchev–Trinajstić information content (AvgIpc) is 2.71. The Balaban J connectivity index is 2.06. The maximum absolute atomic E-state index is 12.3. The van der Waals surface area contributed by atoms with Gasteiger partial charge in [-0.2, -0.15) is 0 Å². The first kappa shape index (κ1) is 21.5. The van der Waals surface area contributed by atoms with Gasteiger partial charge in [0.2, 0.25) is 5.75 Å². The van der Waals surface area contributed by atoms with Gasteiger partial charge in [-0.15, -0.1) is 0 Å². The SMILES string of the molecule is COc1cc(C(=O)OCC(=O)Nc2ccc(C)cc2)cc(OC)c1OCC(N)=O. The molecule has 0 saturated carbocycles. The van der Waals surface area contributed by atoms with Crippen LogP contribution in [0.15, 0.2) is 36.4 Å². The summed E-state index contributed by atoms with van der Waals surface area (Å²) in [7, 11) is 2.71. The van der Waals surface area contributed by atoms with Crippen LogP contribution >= 0.6 is 0 Å². The number of nitrogens with one attached hydrogen (secondary N) is 1. The molecule has 0 aliphatic heterocycles. The largest absolute Gasteiger partial charge is 0.493 e. The highest BCUT2D eigenvalue weighted by Gasteiger charge is 2.20. The van der Waals surface area contributed by atoms with E-state index < -0.39 is 31.0 Å². The zero-order valence-electron chi connectivity index (χ0n) is 16.3. The second-order valence-electron chi connectivity index (χ2n) is 5.96. The van der Waals surface area contributed by atoms with Gasteiger partial charge in [0.1, 0.15) is 0 Å². The number of ether oxygens (including phenoxy) is 4. The van der Waals surface area contributed by atoms with Gasteiger partial charge in [-0.05, 0) is 31.2 Å². The summed E-state index contributed by atoms with van der Waals surface area (Å²) < 4.78 is 20.7. The van der Waals surface area contributed by atoms with Crippen LogP contribution in [0.1, 0.15) is 15.9 Å². The van der Waals surface area contributed by atoms with Crippen LogP contribution in [0.5, 0.6) is 17.2 Å². The minimum Gasteiger partial charge on any atom is -0.493 e. The van der Waals surface area contributed by atoms with Crippen molar-refractivity contribution in [3.8, 4) is 17.2 Å². The molecule has 0 atom stereocenters. The number of hydrogen-bond donors (Lipinski definition) is 2. The Bertz CT molecular complexity index is 869. The number of primary amides is 1. The first-order valence-electron chi connectivity index (χ1n) is 8.54. The number of rotatable bonds is 9. The number of hydrogen-bond acceptors (Lipinski definition) is 7. The summed E-state index contributed by atoms with van der Waals surface area (Å²) in [5.74, 6) is -1.53. The molecule has 0 aliphatic carbocycles. The average molecular weight is 402 g/mol. The molecule has 9 heteroatoms. The summed E-state index contributed by atoms with van der Waals surface area (Å²) in [5.41, 5.74) is 6.80. The Morgan fingerprint density at radius 1 is 0.966 bits per heavy atom. The first-order chi connectivity index (χ1) is 13.8. The van der Waals surface area contributed by atoms with Crippen LogP contribution in [0, 0.1) is 6.92 Å². The molecule has 0 unspecified atom stereocenters.